The standard InChI is InChI=1S/C26H33N7O2S.3ClH/c1-16-9-17-11-22(36-25(17)21(10-16)35-2)23-19(13-32-6-3-18(34)12-32)20(14-31-7-4-28-5-8-31)33-24(23)26(27)29-15-30-33;;;/h9-11,15,18,28,34H,3-8,12-14H2,1-2H3,(H2,27,29,30);3*1H. The Bertz CT molecular complexity index is 1420. The average molecular weight is 617 g/mol. The molecule has 1 atom stereocenters. The molecule has 0 bridgehead atoms. The third kappa shape index (κ3) is 6.08. The van der Waals surface area contributed by atoms with Crippen LogP contribution in [-0.4, -0.2) is 82.0 Å². The first-order valence-corrected chi connectivity index (χ1v) is 13.4. The molecule has 2 aliphatic heterocycles. The molecule has 0 spiro atoms. The van der Waals surface area contributed by atoms with Crippen molar-refractivity contribution in [2.24, 2.45) is 0 Å². The van der Waals surface area contributed by atoms with Crippen LogP contribution in [0.1, 0.15) is 23.2 Å². The van der Waals surface area contributed by atoms with Crippen LogP contribution in [-0.2, 0) is 13.1 Å². The van der Waals surface area contributed by atoms with Crippen molar-refractivity contribution in [3.05, 3.63) is 41.3 Å². The first-order valence-electron chi connectivity index (χ1n) is 12.6. The smallest absolute Gasteiger partial charge is 0.152 e. The fourth-order valence-corrected chi connectivity index (χ4v) is 6.82. The quantitative estimate of drug-likeness (QED) is 0.301. The van der Waals surface area contributed by atoms with Crippen LogP contribution in [0.15, 0.2) is 24.5 Å². The third-order valence-electron chi connectivity index (χ3n) is 7.37. The number of likely N-dealkylation sites (tertiary alicyclic amines) is 1. The molecule has 13 heteroatoms. The van der Waals surface area contributed by atoms with E-state index in [0.717, 1.165) is 89.7 Å². The highest BCUT2D eigenvalue weighted by Crippen LogP contribution is 2.44. The van der Waals surface area contributed by atoms with Crippen molar-refractivity contribution in [2.75, 3.05) is 52.1 Å². The van der Waals surface area contributed by atoms with Gasteiger partial charge < -0.3 is 20.9 Å². The second-order valence-corrected chi connectivity index (χ2v) is 11.0. The molecule has 2 aliphatic rings. The van der Waals surface area contributed by atoms with E-state index in [2.05, 4.69) is 45.2 Å². The monoisotopic (exact) mass is 615 g/mol. The number of nitrogen functional groups attached to an aromatic ring is 1. The highest BCUT2D eigenvalue weighted by Gasteiger charge is 2.29. The zero-order valence-electron chi connectivity index (χ0n) is 22.1. The van der Waals surface area contributed by atoms with Crippen molar-refractivity contribution in [2.45, 2.75) is 32.5 Å². The molecule has 0 aliphatic carbocycles. The number of anilines is 1. The van der Waals surface area contributed by atoms with Crippen LogP contribution < -0.4 is 15.8 Å². The van der Waals surface area contributed by atoms with Crippen molar-refractivity contribution >= 4 is 70.0 Å². The molecule has 1 unspecified atom stereocenters. The molecular weight excluding hydrogens is 581 g/mol. The number of nitrogens with one attached hydrogen (secondary N) is 1. The summed E-state index contributed by atoms with van der Waals surface area (Å²) in [4.78, 5) is 10.3. The molecule has 0 saturated carbocycles. The molecule has 9 nitrogen and oxygen atoms in total. The number of thiophene rings is 1. The Kier molecular flexibility index (Phi) is 10.7. The summed E-state index contributed by atoms with van der Waals surface area (Å²) in [6, 6.07) is 6.53. The number of benzene rings is 1. The average Bonchev–Trinajstić information content (AvgIpc) is 3.56. The second-order valence-electron chi connectivity index (χ2n) is 9.91. The van der Waals surface area contributed by atoms with Crippen molar-refractivity contribution < 1.29 is 9.84 Å². The fourth-order valence-electron chi connectivity index (χ4n) is 5.62. The number of piperazine rings is 1. The van der Waals surface area contributed by atoms with Crippen LogP contribution in [0.3, 0.4) is 0 Å². The van der Waals surface area contributed by atoms with E-state index in [1.807, 2.05) is 4.52 Å². The first-order chi connectivity index (χ1) is 17.5. The molecule has 4 N–H and O–H groups in total. The number of aryl methyl sites for hydroxylation is 1. The van der Waals surface area contributed by atoms with Crippen molar-refractivity contribution in [3.8, 4) is 16.2 Å². The Labute approximate surface area is 250 Å². The minimum Gasteiger partial charge on any atom is -0.495 e. The van der Waals surface area contributed by atoms with Crippen LogP contribution in [0.2, 0.25) is 0 Å². The number of fused-ring (bicyclic) bond motifs is 2. The second kappa shape index (κ2) is 13.2. The van der Waals surface area contributed by atoms with E-state index < -0.39 is 0 Å². The maximum absolute atomic E-state index is 10.2. The zero-order chi connectivity index (χ0) is 24.8. The number of β-amino-alcohol motifs (C(OH)–C–C–N with tert-alkyl or cyclic N) is 1. The summed E-state index contributed by atoms with van der Waals surface area (Å²) in [6.07, 6.45) is 2.08. The van der Waals surface area contributed by atoms with Gasteiger partial charge in [-0.05, 0) is 36.4 Å². The molecule has 4 aromatic rings. The van der Waals surface area contributed by atoms with Crippen molar-refractivity contribution in [3.63, 3.8) is 0 Å². The van der Waals surface area contributed by atoms with Crippen molar-refractivity contribution in [1.82, 2.24) is 29.7 Å². The molecule has 5 heterocycles. The van der Waals surface area contributed by atoms with Crippen LogP contribution >= 0.6 is 48.6 Å². The van der Waals surface area contributed by atoms with Crippen LogP contribution in [0.25, 0.3) is 26.0 Å². The summed E-state index contributed by atoms with van der Waals surface area (Å²) in [5, 5.41) is 19.5. The number of methoxy groups -OCH3 is 1. The predicted octanol–water partition coefficient (Wildman–Crippen LogP) is 3.75. The number of hydrogen-bond acceptors (Lipinski definition) is 9. The molecule has 39 heavy (non-hydrogen) atoms. The van der Waals surface area contributed by atoms with Crippen LogP contribution in [0.5, 0.6) is 5.75 Å². The fraction of sp³-hybridized carbons (Fsp3) is 0.462. The maximum Gasteiger partial charge on any atom is 0.152 e. The highest BCUT2D eigenvalue weighted by molar-refractivity contribution is 7.22. The Hall–Kier alpha value is -1.89. The number of aliphatic hydroxyl groups excluding tert-OH is 1. The number of ether oxygens (including phenoxy) is 1. The van der Waals surface area contributed by atoms with E-state index in [1.54, 1.807) is 24.8 Å². The van der Waals surface area contributed by atoms with E-state index in [-0.39, 0.29) is 43.3 Å². The van der Waals surface area contributed by atoms with Crippen LogP contribution in [0.4, 0.5) is 5.82 Å². The Balaban J connectivity index is 0.00000140. The van der Waals surface area contributed by atoms with Gasteiger partial charge in [0.15, 0.2) is 5.82 Å². The topological polar surface area (TPSA) is 104 Å². The zero-order valence-corrected chi connectivity index (χ0v) is 25.3. The number of hydrogen-bond donors (Lipinski definition) is 3. The van der Waals surface area contributed by atoms with E-state index in [9.17, 15) is 5.11 Å². The van der Waals surface area contributed by atoms with Gasteiger partial charge in [-0.3, -0.25) is 9.80 Å². The normalized spacial score (nSPS) is 18.1. The van der Waals surface area contributed by atoms with E-state index in [0.29, 0.717) is 12.4 Å². The van der Waals surface area contributed by atoms with E-state index >= 15 is 0 Å². The molecule has 2 fully saturated rings. The summed E-state index contributed by atoms with van der Waals surface area (Å²) in [5.41, 5.74) is 12.0. The molecule has 214 valence electrons. The lowest BCUT2D eigenvalue weighted by molar-refractivity contribution is 0.174. The maximum atomic E-state index is 10.2. The Morgan fingerprint density at radius 2 is 1.87 bits per heavy atom. The minimum atomic E-state index is -0.275. The largest absolute Gasteiger partial charge is 0.495 e. The Morgan fingerprint density at radius 3 is 2.56 bits per heavy atom. The van der Waals surface area contributed by atoms with E-state index in [4.69, 9.17) is 15.6 Å². The van der Waals surface area contributed by atoms with Gasteiger partial charge in [0, 0.05) is 68.4 Å². The van der Waals surface area contributed by atoms with Gasteiger partial charge in [0.1, 0.15) is 17.6 Å². The highest BCUT2D eigenvalue weighted by atomic mass is 35.5. The Morgan fingerprint density at radius 1 is 1.10 bits per heavy atom. The first kappa shape index (κ1) is 31.6. The molecule has 0 amide bonds. The number of rotatable bonds is 6. The number of aromatic nitrogens is 3. The summed E-state index contributed by atoms with van der Waals surface area (Å²) in [7, 11) is 1.73. The summed E-state index contributed by atoms with van der Waals surface area (Å²) in [6.45, 7) is 9.12. The summed E-state index contributed by atoms with van der Waals surface area (Å²) < 4.78 is 8.86. The number of nitrogens with two attached hydrogens (primary N) is 1. The summed E-state index contributed by atoms with van der Waals surface area (Å²) in [5.74, 6) is 1.37. The summed E-state index contributed by atoms with van der Waals surface area (Å²) >= 11 is 1.72. The van der Waals surface area contributed by atoms with Gasteiger partial charge in [-0.1, -0.05) is 6.07 Å². The number of halogens is 3. The van der Waals surface area contributed by atoms with Gasteiger partial charge in [-0.2, -0.15) is 5.10 Å². The van der Waals surface area contributed by atoms with Gasteiger partial charge in [-0.15, -0.1) is 48.6 Å². The minimum absolute atomic E-state index is 0. The lowest BCUT2D eigenvalue weighted by Gasteiger charge is -2.27. The molecule has 3 aromatic heterocycles. The SMILES string of the molecule is COc1cc(C)cc2cc(-c3c(CN4CCC(O)C4)c(CN4CCNCC4)n4ncnc(N)c34)sc12.Cl.Cl.Cl. The van der Waals surface area contributed by atoms with Gasteiger partial charge in [-0.25, -0.2) is 9.50 Å². The molecular formula is C26H36Cl3N7O2S. The van der Waals surface area contributed by atoms with Gasteiger partial charge in [0.05, 0.1) is 23.6 Å². The van der Waals surface area contributed by atoms with Crippen molar-refractivity contribution in [1.29, 1.82) is 0 Å². The van der Waals surface area contributed by atoms with Crippen LogP contribution in [0, 0.1) is 6.92 Å². The predicted molar refractivity (Wildman–Crippen MR) is 165 cm³/mol. The molecule has 0 radical (unpaired) electrons. The molecule has 1 aromatic carbocycles. The van der Waals surface area contributed by atoms with Gasteiger partial charge >= 0.3 is 0 Å². The lowest BCUT2D eigenvalue weighted by atomic mass is 10.1. The number of aliphatic hydroxyl groups is 1. The molecule has 6 rings (SSSR count). The van der Waals surface area contributed by atoms with E-state index in [1.165, 1.54) is 11.1 Å². The molecule has 2 saturated heterocycles. The third-order valence-corrected chi connectivity index (χ3v) is 8.55. The lowest BCUT2D eigenvalue weighted by Crippen LogP contribution is -2.43. The number of nitrogens with zero attached hydrogens (tertiary/aromatic N) is 5. The van der Waals surface area contributed by atoms with Gasteiger partial charge in [0.2, 0.25) is 0 Å². The van der Waals surface area contributed by atoms with Gasteiger partial charge in [0.25, 0.3) is 0 Å².